The predicted molar refractivity (Wildman–Crippen MR) is 224 cm³/mol. The number of aromatic nitrogens is 4. The fourth-order valence-corrected chi connectivity index (χ4v) is 6.22. The van der Waals surface area contributed by atoms with Gasteiger partial charge in [-0.15, -0.1) is 0 Å². The second-order valence-corrected chi connectivity index (χ2v) is 10.9. The Bertz CT molecular complexity index is 2040. The van der Waals surface area contributed by atoms with Gasteiger partial charge in [0.15, 0.2) is 0 Å². The molecule has 6 aromatic carbocycles. The van der Waals surface area contributed by atoms with E-state index < -0.39 is 0 Å². The third-order valence-electron chi connectivity index (χ3n) is 7.97. The number of hydrogen-bond acceptors (Lipinski definition) is 4. The van der Waals surface area contributed by atoms with Gasteiger partial charge in [-0.3, -0.25) is 0 Å². The molecule has 2 aliphatic rings. The molecule has 0 fully saturated rings. The van der Waals surface area contributed by atoms with Crippen molar-refractivity contribution in [2.45, 2.75) is 75.7 Å². The minimum Gasteiger partial charge on any atom is -0.244 e. The van der Waals surface area contributed by atoms with Gasteiger partial charge < -0.3 is 0 Å². The molecule has 51 heavy (non-hydrogen) atoms. The van der Waals surface area contributed by atoms with Crippen molar-refractivity contribution in [1.29, 1.82) is 0 Å². The van der Waals surface area contributed by atoms with Crippen molar-refractivity contribution in [2.24, 2.45) is 0 Å². The molecular formula is C47H52N4. The Morgan fingerprint density at radius 2 is 0.529 bits per heavy atom. The molecule has 10 rings (SSSR count). The zero-order chi connectivity index (χ0) is 36.9. The lowest BCUT2D eigenvalue weighted by molar-refractivity contribution is 1.09. The number of hydrogen-bond donors (Lipinski definition) is 0. The number of rotatable bonds is 0. The van der Waals surface area contributed by atoms with E-state index in [1.54, 1.807) is 0 Å². The summed E-state index contributed by atoms with van der Waals surface area (Å²) in [6.07, 6.45) is 1.25. The predicted octanol–water partition coefficient (Wildman–Crippen LogP) is 14.4. The van der Waals surface area contributed by atoms with E-state index in [4.69, 9.17) is 19.9 Å². The van der Waals surface area contributed by atoms with Gasteiger partial charge in [-0.1, -0.05) is 173 Å². The average molecular weight is 673 g/mol. The van der Waals surface area contributed by atoms with E-state index in [1.807, 2.05) is 104 Å². The molecule has 260 valence electrons. The highest BCUT2D eigenvalue weighted by Gasteiger charge is 2.25. The number of fused-ring (bicyclic) bond motifs is 8. The first-order valence-corrected chi connectivity index (χ1v) is 18.8. The minimum absolute atomic E-state index is 0.955. The van der Waals surface area contributed by atoms with E-state index in [0.717, 1.165) is 44.8 Å². The molecule has 2 heterocycles. The van der Waals surface area contributed by atoms with E-state index in [0.29, 0.717) is 0 Å². The van der Waals surface area contributed by atoms with Gasteiger partial charge in [-0.2, -0.15) is 0 Å². The first-order chi connectivity index (χ1) is 25.2. The van der Waals surface area contributed by atoms with Crippen molar-refractivity contribution in [1.82, 2.24) is 19.9 Å². The Hall–Kier alpha value is -5.48. The van der Waals surface area contributed by atoms with Crippen LogP contribution in [-0.2, 0) is 0 Å². The summed E-state index contributed by atoms with van der Waals surface area (Å²) in [5.74, 6) is 0. The van der Waals surface area contributed by atoms with Crippen LogP contribution in [0.3, 0.4) is 0 Å². The molecule has 0 N–H and O–H groups in total. The van der Waals surface area contributed by atoms with Gasteiger partial charge in [0.25, 0.3) is 0 Å². The van der Waals surface area contributed by atoms with Crippen LogP contribution in [0.4, 0.5) is 0 Å². The van der Waals surface area contributed by atoms with Crippen molar-refractivity contribution in [3.8, 4) is 45.0 Å². The SMILES string of the molecule is CC.CC.CC.CC.CCC.c1cc2c3c(cccc3c1)-c1nc3ccccc3nc1-2.c1cc2c3c(cccc3c1)-c1nc3ccccc3nc1-2. The lowest BCUT2D eigenvalue weighted by atomic mass is 10.0. The number of benzene rings is 6. The Morgan fingerprint density at radius 1 is 0.314 bits per heavy atom. The molecule has 0 bridgehead atoms. The highest BCUT2D eigenvalue weighted by atomic mass is 14.8. The second kappa shape index (κ2) is 18.5. The van der Waals surface area contributed by atoms with Gasteiger partial charge in [0.1, 0.15) is 0 Å². The van der Waals surface area contributed by atoms with Crippen molar-refractivity contribution in [3.63, 3.8) is 0 Å². The maximum absolute atomic E-state index is 4.83. The molecule has 0 saturated carbocycles. The lowest BCUT2D eigenvalue weighted by Gasteiger charge is -2.02. The normalized spacial score (nSPS) is 10.2. The smallest absolute Gasteiger partial charge is 0.0979 e. The molecule has 2 aromatic heterocycles. The van der Waals surface area contributed by atoms with Crippen LogP contribution in [-0.4, -0.2) is 19.9 Å². The van der Waals surface area contributed by atoms with Crippen LogP contribution in [0.1, 0.15) is 75.7 Å². The van der Waals surface area contributed by atoms with E-state index >= 15 is 0 Å². The van der Waals surface area contributed by atoms with Crippen molar-refractivity contribution < 1.29 is 0 Å². The highest BCUT2D eigenvalue weighted by Crippen LogP contribution is 2.46. The standard InChI is InChI=1S/2C18H10N2.C3H8.4C2H6/c2*1-2-10-15-14(9-1)19-17-12-7-3-5-11-6-4-8-13(16(11)12)18(17)20-15;1-3-2;4*1-2/h2*1-10H;3H2,1-2H3;4*1-2H3. The van der Waals surface area contributed by atoms with E-state index in [1.165, 1.54) is 50.2 Å². The summed E-state index contributed by atoms with van der Waals surface area (Å²) in [6, 6.07) is 41.6. The van der Waals surface area contributed by atoms with E-state index in [-0.39, 0.29) is 0 Å². The van der Waals surface area contributed by atoms with Gasteiger partial charge in [0.05, 0.1) is 44.8 Å². The molecule has 0 radical (unpaired) electrons. The van der Waals surface area contributed by atoms with Crippen LogP contribution in [0, 0.1) is 0 Å². The second-order valence-electron chi connectivity index (χ2n) is 10.9. The average Bonchev–Trinajstić information content (AvgIpc) is 3.70. The molecule has 4 heteroatoms. The van der Waals surface area contributed by atoms with E-state index in [9.17, 15) is 0 Å². The zero-order valence-electron chi connectivity index (χ0n) is 32.0. The molecule has 8 aromatic rings. The van der Waals surface area contributed by atoms with Gasteiger partial charge in [-0.25, -0.2) is 19.9 Å². The van der Waals surface area contributed by atoms with Crippen LogP contribution < -0.4 is 0 Å². The Kier molecular flexibility index (Phi) is 13.9. The monoisotopic (exact) mass is 672 g/mol. The first kappa shape index (κ1) is 38.3. The largest absolute Gasteiger partial charge is 0.244 e. The molecular weight excluding hydrogens is 621 g/mol. The Morgan fingerprint density at radius 3 is 0.745 bits per heavy atom. The lowest BCUT2D eigenvalue weighted by Crippen LogP contribution is -1.89. The van der Waals surface area contributed by atoms with Crippen LogP contribution in [0.15, 0.2) is 121 Å². The fraction of sp³-hybridized carbons (Fsp3) is 0.234. The maximum Gasteiger partial charge on any atom is 0.0979 e. The topological polar surface area (TPSA) is 51.6 Å². The third kappa shape index (κ3) is 7.37. The molecule has 0 saturated heterocycles. The molecule has 4 nitrogen and oxygen atoms in total. The number of para-hydroxylation sites is 4. The molecule has 2 aliphatic carbocycles. The molecule has 0 aliphatic heterocycles. The number of nitrogens with zero attached hydrogens (tertiary/aromatic N) is 4. The van der Waals surface area contributed by atoms with Crippen molar-refractivity contribution in [2.75, 3.05) is 0 Å². The molecule has 0 spiro atoms. The minimum atomic E-state index is 0.955. The van der Waals surface area contributed by atoms with Gasteiger partial charge in [0.2, 0.25) is 0 Å². The highest BCUT2D eigenvalue weighted by molar-refractivity contribution is 6.15. The summed E-state index contributed by atoms with van der Waals surface area (Å²) in [6.45, 7) is 20.2. The van der Waals surface area contributed by atoms with E-state index in [2.05, 4.69) is 86.6 Å². The summed E-state index contributed by atoms with van der Waals surface area (Å²) < 4.78 is 0. The van der Waals surface area contributed by atoms with Gasteiger partial charge >= 0.3 is 0 Å². The summed E-state index contributed by atoms with van der Waals surface area (Å²) in [5, 5.41) is 5.06. The van der Waals surface area contributed by atoms with Gasteiger partial charge in [-0.05, 0) is 35.0 Å². The Balaban J connectivity index is 0.000000181. The summed E-state index contributed by atoms with van der Waals surface area (Å²) in [5.41, 5.74) is 12.7. The third-order valence-corrected chi connectivity index (χ3v) is 7.97. The zero-order valence-corrected chi connectivity index (χ0v) is 32.0. The molecule has 0 amide bonds. The van der Waals surface area contributed by atoms with Crippen molar-refractivity contribution >= 4 is 43.6 Å². The quantitative estimate of drug-likeness (QED) is 0.161. The maximum atomic E-state index is 4.83. The fourth-order valence-electron chi connectivity index (χ4n) is 6.22. The Labute approximate surface area is 304 Å². The summed E-state index contributed by atoms with van der Waals surface area (Å²) in [7, 11) is 0. The van der Waals surface area contributed by atoms with Crippen LogP contribution in [0.25, 0.3) is 88.6 Å². The van der Waals surface area contributed by atoms with Crippen LogP contribution in [0.5, 0.6) is 0 Å². The van der Waals surface area contributed by atoms with Gasteiger partial charge in [0, 0.05) is 33.0 Å². The first-order valence-electron chi connectivity index (χ1n) is 18.8. The summed E-state index contributed by atoms with van der Waals surface area (Å²) in [4.78, 5) is 19.3. The summed E-state index contributed by atoms with van der Waals surface area (Å²) >= 11 is 0. The molecule has 0 atom stereocenters. The van der Waals surface area contributed by atoms with Crippen molar-refractivity contribution in [3.05, 3.63) is 121 Å². The van der Waals surface area contributed by atoms with Crippen LogP contribution >= 0.6 is 0 Å². The molecule has 0 unspecified atom stereocenters. The van der Waals surface area contributed by atoms with Crippen LogP contribution in [0.2, 0.25) is 0 Å².